The molecule has 0 heterocycles. The maximum absolute atomic E-state index is 11.8. The van der Waals surface area contributed by atoms with Gasteiger partial charge in [-0.05, 0) is 57.3 Å². The molecular weight excluding hydrogens is 240 g/mol. The summed E-state index contributed by atoms with van der Waals surface area (Å²) in [5.41, 5.74) is 0. The van der Waals surface area contributed by atoms with Gasteiger partial charge in [0.1, 0.15) is 0 Å². The van der Waals surface area contributed by atoms with E-state index in [0.29, 0.717) is 6.04 Å². The number of aliphatic hydroxyl groups excluding tert-OH is 1. The first-order valence-corrected chi connectivity index (χ1v) is 7.70. The van der Waals surface area contributed by atoms with Gasteiger partial charge in [-0.15, -0.1) is 0 Å². The summed E-state index contributed by atoms with van der Waals surface area (Å²) in [4.78, 5) is 11.8. The van der Waals surface area contributed by atoms with Crippen molar-refractivity contribution in [3.63, 3.8) is 0 Å². The predicted molar refractivity (Wildman–Crippen MR) is 78.0 cm³/mol. The molecule has 19 heavy (non-hydrogen) atoms. The Hall–Kier alpha value is -0.770. The fraction of sp³-hybridized carbons (Fsp3) is 0.933. The molecule has 0 radical (unpaired) electrons. The second-order valence-corrected chi connectivity index (χ2v) is 6.24. The third kappa shape index (κ3) is 6.28. The zero-order valence-corrected chi connectivity index (χ0v) is 12.6. The fourth-order valence-corrected chi connectivity index (χ4v) is 2.85. The molecule has 0 saturated heterocycles. The van der Waals surface area contributed by atoms with E-state index < -0.39 is 0 Å². The lowest BCUT2D eigenvalue weighted by Crippen LogP contribution is -2.46. The van der Waals surface area contributed by atoms with Gasteiger partial charge in [-0.2, -0.15) is 0 Å². The summed E-state index contributed by atoms with van der Waals surface area (Å²) in [5, 5.41) is 14.8. The van der Waals surface area contributed by atoms with E-state index in [1.54, 1.807) is 0 Å². The minimum absolute atomic E-state index is 0.0570. The van der Waals surface area contributed by atoms with Gasteiger partial charge in [-0.25, -0.2) is 4.79 Å². The van der Waals surface area contributed by atoms with Gasteiger partial charge in [0.15, 0.2) is 0 Å². The topological polar surface area (TPSA) is 61.4 Å². The molecule has 0 aromatic rings. The number of hydrogen-bond acceptors (Lipinski definition) is 2. The number of carbonyl (C=O) groups excluding carboxylic acids is 1. The predicted octanol–water partition coefficient (Wildman–Crippen LogP) is 2.66. The molecule has 4 nitrogen and oxygen atoms in total. The summed E-state index contributed by atoms with van der Waals surface area (Å²) in [6.45, 7) is 6.74. The third-order valence-corrected chi connectivity index (χ3v) is 4.22. The van der Waals surface area contributed by atoms with Gasteiger partial charge in [0.05, 0.1) is 0 Å². The summed E-state index contributed by atoms with van der Waals surface area (Å²) in [6.07, 6.45) is 6.21. The highest BCUT2D eigenvalue weighted by molar-refractivity contribution is 5.74. The molecule has 0 bridgehead atoms. The highest BCUT2D eigenvalue weighted by Gasteiger charge is 2.24. The van der Waals surface area contributed by atoms with Crippen molar-refractivity contribution in [1.82, 2.24) is 10.6 Å². The van der Waals surface area contributed by atoms with Crippen LogP contribution >= 0.6 is 0 Å². The largest absolute Gasteiger partial charge is 0.396 e. The minimum atomic E-state index is -0.0570. The summed E-state index contributed by atoms with van der Waals surface area (Å²) >= 11 is 0. The quantitative estimate of drug-likeness (QED) is 0.695. The van der Waals surface area contributed by atoms with E-state index in [4.69, 9.17) is 5.11 Å². The molecule has 0 aromatic heterocycles. The van der Waals surface area contributed by atoms with Gasteiger partial charge in [0.25, 0.3) is 0 Å². The van der Waals surface area contributed by atoms with Crippen LogP contribution in [0, 0.1) is 11.8 Å². The summed E-state index contributed by atoms with van der Waals surface area (Å²) in [7, 11) is 0. The summed E-state index contributed by atoms with van der Waals surface area (Å²) in [6, 6.07) is 0.401. The molecule has 112 valence electrons. The average molecular weight is 270 g/mol. The Morgan fingerprint density at radius 1 is 1.21 bits per heavy atom. The second-order valence-electron chi connectivity index (χ2n) is 6.24. The number of urea groups is 1. The van der Waals surface area contributed by atoms with Gasteiger partial charge in [0, 0.05) is 18.7 Å². The maximum Gasteiger partial charge on any atom is 0.315 e. The van der Waals surface area contributed by atoms with Crippen molar-refractivity contribution in [2.24, 2.45) is 11.8 Å². The lowest BCUT2D eigenvalue weighted by molar-refractivity contribution is 0.212. The van der Waals surface area contributed by atoms with Crippen molar-refractivity contribution >= 4 is 6.03 Å². The molecule has 0 aromatic carbocycles. The molecule has 1 atom stereocenters. The number of carbonyl (C=O) groups is 1. The van der Waals surface area contributed by atoms with Crippen molar-refractivity contribution in [3.8, 4) is 0 Å². The molecule has 1 aliphatic carbocycles. The van der Waals surface area contributed by atoms with Crippen LogP contribution in [0.5, 0.6) is 0 Å². The zero-order valence-electron chi connectivity index (χ0n) is 12.6. The highest BCUT2D eigenvalue weighted by atomic mass is 16.3. The molecule has 0 spiro atoms. The zero-order chi connectivity index (χ0) is 14.3. The highest BCUT2D eigenvalue weighted by Crippen LogP contribution is 2.29. The van der Waals surface area contributed by atoms with E-state index in [2.05, 4.69) is 24.5 Å². The molecular formula is C15H30N2O2. The lowest BCUT2D eigenvalue weighted by Gasteiger charge is -2.31. The Balaban J connectivity index is 2.19. The Labute approximate surface area is 117 Å². The van der Waals surface area contributed by atoms with E-state index in [1.165, 1.54) is 12.8 Å². The van der Waals surface area contributed by atoms with Crippen molar-refractivity contribution in [2.75, 3.05) is 6.61 Å². The first kappa shape index (κ1) is 16.3. The molecule has 3 N–H and O–H groups in total. The van der Waals surface area contributed by atoms with Gasteiger partial charge < -0.3 is 15.7 Å². The van der Waals surface area contributed by atoms with E-state index in [0.717, 1.165) is 37.5 Å². The number of amides is 2. The first-order valence-electron chi connectivity index (χ1n) is 7.70. The van der Waals surface area contributed by atoms with Crippen molar-refractivity contribution in [2.45, 2.75) is 71.4 Å². The lowest BCUT2D eigenvalue weighted by atomic mass is 9.80. The molecule has 1 aliphatic rings. The Kier molecular flexibility index (Phi) is 7.21. The smallest absolute Gasteiger partial charge is 0.315 e. The number of aliphatic hydroxyl groups is 1. The maximum atomic E-state index is 11.8. The van der Waals surface area contributed by atoms with E-state index in [9.17, 15) is 4.79 Å². The monoisotopic (exact) mass is 270 g/mol. The van der Waals surface area contributed by atoms with Crippen LogP contribution in [0.1, 0.15) is 59.3 Å². The van der Waals surface area contributed by atoms with Gasteiger partial charge in [0.2, 0.25) is 0 Å². The van der Waals surface area contributed by atoms with E-state index >= 15 is 0 Å². The van der Waals surface area contributed by atoms with Crippen LogP contribution in [-0.2, 0) is 0 Å². The van der Waals surface area contributed by atoms with Crippen LogP contribution in [0.15, 0.2) is 0 Å². The Morgan fingerprint density at radius 3 is 2.37 bits per heavy atom. The number of rotatable bonds is 6. The van der Waals surface area contributed by atoms with Crippen LogP contribution < -0.4 is 10.6 Å². The van der Waals surface area contributed by atoms with Gasteiger partial charge >= 0.3 is 6.03 Å². The van der Waals surface area contributed by atoms with Gasteiger partial charge in [-0.3, -0.25) is 0 Å². The molecule has 0 aliphatic heterocycles. The van der Waals surface area contributed by atoms with Crippen molar-refractivity contribution in [3.05, 3.63) is 0 Å². The molecule has 2 amide bonds. The van der Waals surface area contributed by atoms with Crippen molar-refractivity contribution in [1.29, 1.82) is 0 Å². The molecule has 1 fully saturated rings. The molecule has 1 unspecified atom stereocenters. The first-order chi connectivity index (χ1) is 9.02. The normalized spacial score (nSPS) is 25.1. The van der Waals surface area contributed by atoms with Crippen LogP contribution in [0.4, 0.5) is 4.79 Å². The van der Waals surface area contributed by atoms with E-state index in [-0.39, 0.29) is 18.7 Å². The fourth-order valence-electron chi connectivity index (χ4n) is 2.85. The van der Waals surface area contributed by atoms with Crippen LogP contribution in [0.25, 0.3) is 0 Å². The SMILES string of the molecule is CC(CCCO)NC(=O)NC1CCC(C(C)C)CC1. The summed E-state index contributed by atoms with van der Waals surface area (Å²) in [5.74, 6) is 1.58. The van der Waals surface area contributed by atoms with Crippen LogP contribution in [-0.4, -0.2) is 29.8 Å². The molecule has 1 saturated carbocycles. The molecule has 4 heteroatoms. The Bertz CT molecular complexity index is 261. The van der Waals surface area contributed by atoms with E-state index in [1.807, 2.05) is 6.92 Å². The standard InChI is InChI=1S/C15H30N2O2/c1-11(2)13-6-8-14(9-7-13)17-15(19)16-12(3)5-4-10-18/h11-14,18H,4-10H2,1-3H3,(H2,16,17,19). The molecule has 1 rings (SSSR count). The Morgan fingerprint density at radius 2 is 1.84 bits per heavy atom. The van der Waals surface area contributed by atoms with Gasteiger partial charge in [-0.1, -0.05) is 13.8 Å². The van der Waals surface area contributed by atoms with Crippen LogP contribution in [0.3, 0.4) is 0 Å². The summed E-state index contributed by atoms with van der Waals surface area (Å²) < 4.78 is 0. The number of hydrogen-bond donors (Lipinski definition) is 3. The minimum Gasteiger partial charge on any atom is -0.396 e. The second kappa shape index (κ2) is 8.41. The third-order valence-electron chi connectivity index (χ3n) is 4.22. The van der Waals surface area contributed by atoms with Crippen molar-refractivity contribution < 1.29 is 9.90 Å². The average Bonchev–Trinajstić information content (AvgIpc) is 2.36. The number of nitrogens with one attached hydrogen (secondary N) is 2. The van der Waals surface area contributed by atoms with Crippen LogP contribution in [0.2, 0.25) is 0 Å².